The quantitative estimate of drug-likeness (QED) is 0.518. The predicted molar refractivity (Wildman–Crippen MR) is 110 cm³/mol. The molecule has 1 N–H and O–H groups in total. The van der Waals surface area contributed by atoms with Crippen molar-refractivity contribution in [3.8, 4) is 5.69 Å². The Morgan fingerprint density at radius 2 is 1.93 bits per heavy atom. The molecule has 0 saturated heterocycles. The molecule has 0 atom stereocenters. The van der Waals surface area contributed by atoms with Crippen LogP contribution in [-0.2, 0) is 6.54 Å². The molecule has 1 amide bonds. The van der Waals surface area contributed by atoms with E-state index in [1.165, 1.54) is 18.2 Å². The molecule has 0 unspecified atom stereocenters. The second kappa shape index (κ2) is 9.41. The van der Waals surface area contributed by atoms with Gasteiger partial charge in [0.1, 0.15) is 5.82 Å². The number of aromatic nitrogens is 3. The van der Waals surface area contributed by atoms with Gasteiger partial charge in [-0.2, -0.15) is 0 Å². The Morgan fingerprint density at radius 3 is 2.61 bits per heavy atom. The van der Waals surface area contributed by atoms with Gasteiger partial charge in [-0.25, -0.2) is 4.39 Å². The van der Waals surface area contributed by atoms with Crippen LogP contribution in [0.3, 0.4) is 0 Å². The molecule has 0 spiro atoms. The Labute approximate surface area is 176 Å². The topological polar surface area (TPSA) is 59.8 Å². The van der Waals surface area contributed by atoms with Gasteiger partial charge in [-0.1, -0.05) is 41.9 Å². The van der Waals surface area contributed by atoms with Crippen molar-refractivity contribution in [2.24, 2.45) is 0 Å². The standard InChI is InChI=1S/C19H17Cl2FN4OS/c1-2-9-28-19-25-24-17(26(19)14-6-4-13(22)5-7-14)11-23-18(27)15-8-3-12(20)10-16(15)21/h3-8,10H,2,9,11H2,1H3,(H,23,27). The van der Waals surface area contributed by atoms with Crippen molar-refractivity contribution in [3.05, 3.63) is 69.7 Å². The normalized spacial score (nSPS) is 10.9. The van der Waals surface area contributed by atoms with Crippen LogP contribution in [-0.4, -0.2) is 26.4 Å². The van der Waals surface area contributed by atoms with Gasteiger partial charge in [0.2, 0.25) is 0 Å². The van der Waals surface area contributed by atoms with Crippen LogP contribution < -0.4 is 5.32 Å². The zero-order valence-electron chi connectivity index (χ0n) is 15.0. The number of benzene rings is 2. The number of amides is 1. The van der Waals surface area contributed by atoms with Gasteiger partial charge >= 0.3 is 0 Å². The summed E-state index contributed by atoms with van der Waals surface area (Å²) in [6.07, 6.45) is 0.974. The summed E-state index contributed by atoms with van der Waals surface area (Å²) in [7, 11) is 0. The molecule has 0 radical (unpaired) electrons. The summed E-state index contributed by atoms with van der Waals surface area (Å²) in [5.41, 5.74) is 1.04. The third kappa shape index (κ3) is 4.84. The Morgan fingerprint density at radius 1 is 1.18 bits per heavy atom. The van der Waals surface area contributed by atoms with Crippen molar-refractivity contribution in [1.29, 1.82) is 0 Å². The molecule has 3 aromatic rings. The van der Waals surface area contributed by atoms with Crippen LogP contribution in [0.4, 0.5) is 4.39 Å². The van der Waals surface area contributed by atoms with Gasteiger partial charge in [0, 0.05) is 16.5 Å². The number of nitrogens with zero attached hydrogens (tertiary/aromatic N) is 3. The summed E-state index contributed by atoms with van der Waals surface area (Å²) >= 11 is 13.5. The molecule has 0 aliphatic heterocycles. The van der Waals surface area contributed by atoms with E-state index < -0.39 is 0 Å². The number of rotatable bonds is 7. The smallest absolute Gasteiger partial charge is 0.253 e. The minimum Gasteiger partial charge on any atom is -0.345 e. The Balaban J connectivity index is 1.84. The maximum absolute atomic E-state index is 13.3. The zero-order valence-corrected chi connectivity index (χ0v) is 17.3. The highest BCUT2D eigenvalue weighted by atomic mass is 35.5. The lowest BCUT2D eigenvalue weighted by Crippen LogP contribution is -2.25. The maximum atomic E-state index is 13.3. The van der Waals surface area contributed by atoms with Crippen LogP contribution in [0.1, 0.15) is 29.5 Å². The fourth-order valence-electron chi connectivity index (χ4n) is 2.48. The van der Waals surface area contributed by atoms with Crippen molar-refractivity contribution in [2.45, 2.75) is 25.0 Å². The first kappa shape index (κ1) is 20.6. The molecule has 0 aliphatic carbocycles. The molecule has 1 heterocycles. The number of hydrogen-bond donors (Lipinski definition) is 1. The molecule has 3 rings (SSSR count). The predicted octanol–water partition coefficient (Wildman–Crippen LogP) is 5.15. The van der Waals surface area contributed by atoms with Crippen molar-refractivity contribution < 1.29 is 9.18 Å². The number of hydrogen-bond acceptors (Lipinski definition) is 4. The number of carbonyl (C=O) groups excluding carboxylic acids is 1. The van der Waals surface area contributed by atoms with Crippen LogP contribution in [0.25, 0.3) is 5.69 Å². The van der Waals surface area contributed by atoms with Crippen LogP contribution in [0, 0.1) is 5.82 Å². The molecular formula is C19H17Cl2FN4OS. The fourth-order valence-corrected chi connectivity index (χ4v) is 3.80. The summed E-state index contributed by atoms with van der Waals surface area (Å²) < 4.78 is 15.1. The van der Waals surface area contributed by atoms with E-state index in [-0.39, 0.29) is 23.3 Å². The largest absolute Gasteiger partial charge is 0.345 e. The fraction of sp³-hybridized carbons (Fsp3) is 0.211. The molecule has 5 nitrogen and oxygen atoms in total. The minimum absolute atomic E-state index is 0.134. The van der Waals surface area contributed by atoms with Gasteiger partial charge in [-0.05, 0) is 48.9 Å². The maximum Gasteiger partial charge on any atom is 0.253 e. The highest BCUT2D eigenvalue weighted by Crippen LogP contribution is 2.24. The molecule has 9 heteroatoms. The number of halogens is 3. The molecule has 2 aromatic carbocycles. The van der Waals surface area contributed by atoms with E-state index in [9.17, 15) is 9.18 Å². The van der Waals surface area contributed by atoms with Gasteiger partial charge in [0.25, 0.3) is 5.91 Å². The number of thioether (sulfide) groups is 1. The average Bonchev–Trinajstić information content (AvgIpc) is 3.08. The first-order valence-corrected chi connectivity index (χ1v) is 10.3. The van der Waals surface area contributed by atoms with Crippen LogP contribution in [0.5, 0.6) is 0 Å². The number of nitrogens with one attached hydrogen (secondary N) is 1. The second-order valence-electron chi connectivity index (χ2n) is 5.87. The lowest BCUT2D eigenvalue weighted by Gasteiger charge is -2.11. The average molecular weight is 439 g/mol. The van der Waals surface area contributed by atoms with Crippen LogP contribution in [0.15, 0.2) is 47.6 Å². The Bertz CT molecular complexity index is 979. The van der Waals surface area contributed by atoms with E-state index in [0.717, 1.165) is 17.9 Å². The summed E-state index contributed by atoms with van der Waals surface area (Å²) in [4.78, 5) is 12.5. The highest BCUT2D eigenvalue weighted by Gasteiger charge is 2.17. The molecule has 0 bridgehead atoms. The van der Waals surface area contributed by atoms with E-state index >= 15 is 0 Å². The summed E-state index contributed by atoms with van der Waals surface area (Å²) in [5, 5.41) is 12.6. The van der Waals surface area contributed by atoms with E-state index in [1.54, 1.807) is 36.0 Å². The van der Waals surface area contributed by atoms with Gasteiger partial charge in [-0.3, -0.25) is 9.36 Å². The van der Waals surface area contributed by atoms with Crippen molar-refractivity contribution in [1.82, 2.24) is 20.1 Å². The third-order valence-corrected chi connectivity index (χ3v) is 5.49. The molecule has 0 saturated carbocycles. The molecule has 146 valence electrons. The van der Waals surface area contributed by atoms with Gasteiger partial charge < -0.3 is 5.32 Å². The zero-order chi connectivity index (χ0) is 20.1. The van der Waals surface area contributed by atoms with Crippen molar-refractivity contribution >= 4 is 40.9 Å². The molecular weight excluding hydrogens is 422 g/mol. The monoisotopic (exact) mass is 438 g/mol. The van der Waals surface area contributed by atoms with Gasteiger partial charge in [0.15, 0.2) is 11.0 Å². The lowest BCUT2D eigenvalue weighted by atomic mass is 10.2. The van der Waals surface area contributed by atoms with E-state index in [0.29, 0.717) is 21.6 Å². The number of carbonyl (C=O) groups is 1. The summed E-state index contributed by atoms with van der Waals surface area (Å²) in [6.45, 7) is 2.21. The van der Waals surface area contributed by atoms with E-state index in [2.05, 4.69) is 22.4 Å². The third-order valence-electron chi connectivity index (χ3n) is 3.80. The highest BCUT2D eigenvalue weighted by molar-refractivity contribution is 7.99. The van der Waals surface area contributed by atoms with Gasteiger partial charge in [0.05, 0.1) is 17.1 Å². The molecule has 1 aromatic heterocycles. The summed E-state index contributed by atoms with van der Waals surface area (Å²) in [5.74, 6) is 0.722. The van der Waals surface area contributed by atoms with Crippen molar-refractivity contribution in [3.63, 3.8) is 0 Å². The van der Waals surface area contributed by atoms with E-state index in [4.69, 9.17) is 23.2 Å². The molecule has 0 fully saturated rings. The first-order chi connectivity index (χ1) is 13.5. The molecule has 0 aliphatic rings. The van der Waals surface area contributed by atoms with E-state index in [1.807, 2.05) is 4.57 Å². The lowest BCUT2D eigenvalue weighted by molar-refractivity contribution is 0.0950. The minimum atomic E-state index is -0.349. The second-order valence-corrected chi connectivity index (χ2v) is 7.77. The SMILES string of the molecule is CCCSc1nnc(CNC(=O)c2ccc(Cl)cc2Cl)n1-c1ccc(F)cc1. The Hall–Kier alpha value is -2.09. The Kier molecular flexibility index (Phi) is 6.93. The van der Waals surface area contributed by atoms with Crippen molar-refractivity contribution in [2.75, 3.05) is 5.75 Å². The van der Waals surface area contributed by atoms with Gasteiger partial charge in [-0.15, -0.1) is 10.2 Å². The first-order valence-electron chi connectivity index (χ1n) is 8.56. The van der Waals surface area contributed by atoms with Crippen LogP contribution in [0.2, 0.25) is 10.0 Å². The summed E-state index contributed by atoms with van der Waals surface area (Å²) in [6, 6.07) is 10.7. The molecule has 28 heavy (non-hydrogen) atoms. The van der Waals surface area contributed by atoms with Crippen LogP contribution >= 0.6 is 35.0 Å².